The highest BCUT2D eigenvalue weighted by Crippen LogP contribution is 2.54. The van der Waals surface area contributed by atoms with Crippen molar-refractivity contribution in [3.63, 3.8) is 0 Å². The number of hydrogen-bond donors (Lipinski definition) is 1. The van der Waals surface area contributed by atoms with Crippen LogP contribution in [0.25, 0.3) is 32.1 Å². The fourth-order valence-electron chi connectivity index (χ4n) is 9.87. The van der Waals surface area contributed by atoms with Gasteiger partial charge in [-0.15, -0.1) is 11.3 Å². The van der Waals surface area contributed by atoms with E-state index in [-0.39, 0.29) is 66.3 Å². The molecule has 0 radical (unpaired) electrons. The number of ether oxygens (including phenoxy) is 1. The van der Waals surface area contributed by atoms with Crippen LogP contribution in [-0.4, -0.2) is 89.7 Å². The second kappa shape index (κ2) is 13.3. The van der Waals surface area contributed by atoms with Crippen LogP contribution >= 0.6 is 22.9 Å². The van der Waals surface area contributed by atoms with Gasteiger partial charge in [0.25, 0.3) is 0 Å². The number of hydrogen-bond acceptors (Lipinski definition) is 9. The van der Waals surface area contributed by atoms with Gasteiger partial charge >= 0.3 is 6.01 Å². The molecule has 4 aromatic rings. The number of fused-ring (bicyclic) bond motifs is 3. The Morgan fingerprint density at radius 2 is 1.91 bits per heavy atom. The molecule has 1 spiro atoms. The largest absolute Gasteiger partial charge is 0.461 e. The second-order valence-electron chi connectivity index (χ2n) is 16.3. The van der Waals surface area contributed by atoms with Gasteiger partial charge in [-0.1, -0.05) is 24.1 Å². The van der Waals surface area contributed by atoms with Gasteiger partial charge in [0.2, 0.25) is 12.3 Å². The van der Waals surface area contributed by atoms with E-state index in [2.05, 4.69) is 9.88 Å². The van der Waals surface area contributed by atoms with Gasteiger partial charge in [-0.2, -0.15) is 15.2 Å². The van der Waals surface area contributed by atoms with Crippen molar-refractivity contribution in [2.24, 2.45) is 10.8 Å². The molecule has 5 fully saturated rings. The first-order valence-electron chi connectivity index (χ1n) is 18.8. The van der Waals surface area contributed by atoms with Gasteiger partial charge < -0.3 is 20.3 Å². The van der Waals surface area contributed by atoms with Gasteiger partial charge in [-0.05, 0) is 62.8 Å². The normalized spacial score (nSPS) is 24.4. The number of rotatable bonds is 8. The number of aromatic nitrogens is 2. The van der Waals surface area contributed by atoms with Crippen molar-refractivity contribution in [3.05, 3.63) is 40.4 Å². The third-order valence-electron chi connectivity index (χ3n) is 12.7. The van der Waals surface area contributed by atoms with Gasteiger partial charge in [0.05, 0.1) is 26.2 Å². The molecule has 0 unspecified atom stereocenters. The number of amides is 1. The monoisotopic (exact) mass is 799 g/mol. The molecule has 0 bridgehead atoms. The maximum atomic E-state index is 17.3. The molecule has 4 saturated heterocycles. The second-order valence-corrected chi connectivity index (χ2v) is 17.8. The van der Waals surface area contributed by atoms with Crippen molar-refractivity contribution in [1.29, 1.82) is 5.26 Å². The number of anilines is 2. The zero-order chi connectivity index (χ0) is 38.4. The minimum atomic E-state index is -2.54. The first kappa shape index (κ1) is 36.6. The number of nitriles is 1. The van der Waals surface area contributed by atoms with Crippen LogP contribution in [0.2, 0.25) is 5.02 Å². The number of benzene rings is 2. The number of carbonyl (C=O) groups excluding carboxylic acids is 1. The number of alkyl halides is 3. The lowest BCUT2D eigenvalue weighted by molar-refractivity contribution is -0.151. The molecule has 1 aliphatic carbocycles. The number of nitrogens with zero attached hydrogens (tertiary/aromatic N) is 6. The number of halogens is 6. The van der Waals surface area contributed by atoms with Gasteiger partial charge in [-0.25, -0.2) is 22.0 Å². The minimum Gasteiger partial charge on any atom is -0.461 e. The molecule has 1 amide bonds. The molecule has 290 valence electrons. The molecule has 2 aromatic heterocycles. The van der Waals surface area contributed by atoms with Crippen LogP contribution in [0.3, 0.4) is 0 Å². The summed E-state index contributed by atoms with van der Waals surface area (Å²) in [4.78, 5) is 28.7. The van der Waals surface area contributed by atoms with E-state index < -0.39 is 41.6 Å². The topological polar surface area (TPSA) is 112 Å². The van der Waals surface area contributed by atoms with Crippen LogP contribution in [-0.2, 0) is 4.79 Å². The van der Waals surface area contributed by atoms with Crippen molar-refractivity contribution < 1.29 is 31.5 Å². The van der Waals surface area contributed by atoms with E-state index >= 15 is 8.78 Å². The van der Waals surface area contributed by atoms with Crippen LogP contribution in [0.4, 0.5) is 32.8 Å². The summed E-state index contributed by atoms with van der Waals surface area (Å²) in [5.74, 6) is -1.25. The van der Waals surface area contributed by atoms with Crippen LogP contribution < -0.4 is 15.4 Å². The fourth-order valence-corrected chi connectivity index (χ4v) is 11.1. The summed E-state index contributed by atoms with van der Waals surface area (Å²) in [6.45, 7) is 3.06. The van der Waals surface area contributed by atoms with Gasteiger partial charge in [0, 0.05) is 67.3 Å². The Labute approximate surface area is 323 Å². The van der Waals surface area contributed by atoms with E-state index in [9.17, 15) is 23.2 Å². The zero-order valence-electron chi connectivity index (χ0n) is 30.0. The molecular weight excluding hydrogens is 761 g/mol. The third kappa shape index (κ3) is 6.05. The number of nitrogens with two attached hydrogens (primary N) is 1. The summed E-state index contributed by atoms with van der Waals surface area (Å²) in [6, 6.07) is 6.06. The SMILES string of the molecule is N#Cc1c(N)sc2c(F)ccc(-c3c(Cl)cc4c(N5CCCCC6(CN(C(=O)C7(CC(F)F)CC7)C6)C5)nc(OC[C@@]56CCCN5C[C@H](F)C6)nc4c3F)c12. The van der Waals surface area contributed by atoms with Crippen LogP contribution in [0, 0.1) is 33.8 Å². The quantitative estimate of drug-likeness (QED) is 0.178. The predicted molar refractivity (Wildman–Crippen MR) is 200 cm³/mol. The first-order valence-corrected chi connectivity index (χ1v) is 20.0. The summed E-state index contributed by atoms with van der Waals surface area (Å²) >= 11 is 7.83. The predicted octanol–water partition coefficient (Wildman–Crippen LogP) is 8.11. The molecule has 1 saturated carbocycles. The van der Waals surface area contributed by atoms with E-state index in [4.69, 9.17) is 27.1 Å². The molecule has 5 aliphatic rings. The molecular formula is C39H39ClF5N7O2S. The van der Waals surface area contributed by atoms with Crippen LogP contribution in [0.15, 0.2) is 18.2 Å². The van der Waals surface area contributed by atoms with Crippen LogP contribution in [0.5, 0.6) is 6.01 Å². The number of likely N-dealkylation sites (tertiary alicyclic amines) is 1. The van der Waals surface area contributed by atoms with Crippen molar-refractivity contribution in [2.75, 3.05) is 56.5 Å². The summed E-state index contributed by atoms with van der Waals surface area (Å²) in [5.41, 5.74) is 4.30. The van der Waals surface area contributed by atoms with E-state index in [1.807, 2.05) is 11.0 Å². The summed E-state index contributed by atoms with van der Waals surface area (Å²) in [7, 11) is 0. The molecule has 2 aromatic carbocycles. The molecule has 2 atom stereocenters. The average Bonchev–Trinajstić information content (AvgIpc) is 3.63. The van der Waals surface area contributed by atoms with E-state index in [0.29, 0.717) is 63.2 Å². The summed E-state index contributed by atoms with van der Waals surface area (Å²) in [6.07, 6.45) is 1.42. The third-order valence-corrected chi connectivity index (χ3v) is 14.0. The molecule has 16 heteroatoms. The molecule has 9 nitrogen and oxygen atoms in total. The maximum absolute atomic E-state index is 17.3. The van der Waals surface area contributed by atoms with Gasteiger partial charge in [0.1, 0.15) is 41.0 Å². The zero-order valence-corrected chi connectivity index (χ0v) is 31.5. The van der Waals surface area contributed by atoms with Crippen molar-refractivity contribution >= 4 is 60.7 Å². The van der Waals surface area contributed by atoms with Crippen molar-refractivity contribution in [3.8, 4) is 23.2 Å². The first-order chi connectivity index (χ1) is 26.3. The summed E-state index contributed by atoms with van der Waals surface area (Å²) < 4.78 is 80.1. The Kier molecular flexibility index (Phi) is 8.86. The Bertz CT molecular complexity index is 2270. The van der Waals surface area contributed by atoms with Gasteiger partial charge in [-0.3, -0.25) is 9.69 Å². The van der Waals surface area contributed by atoms with E-state index in [1.165, 1.54) is 12.1 Å². The molecule has 6 heterocycles. The number of thiophene rings is 1. The molecule has 9 rings (SSSR count). The molecule has 2 N–H and O–H groups in total. The summed E-state index contributed by atoms with van der Waals surface area (Å²) in [5, 5.41) is 10.5. The lowest BCUT2D eigenvalue weighted by Crippen LogP contribution is -2.63. The van der Waals surface area contributed by atoms with E-state index in [1.54, 1.807) is 11.0 Å². The maximum Gasteiger partial charge on any atom is 0.319 e. The lowest BCUT2D eigenvalue weighted by atomic mass is 9.75. The molecule has 55 heavy (non-hydrogen) atoms. The number of carbonyl (C=O) groups is 1. The Morgan fingerprint density at radius 3 is 2.65 bits per heavy atom. The highest BCUT2D eigenvalue weighted by atomic mass is 35.5. The van der Waals surface area contributed by atoms with Crippen molar-refractivity contribution in [1.82, 2.24) is 19.8 Å². The van der Waals surface area contributed by atoms with Gasteiger partial charge in [0.15, 0.2) is 5.82 Å². The Balaban J connectivity index is 1.12. The highest BCUT2D eigenvalue weighted by molar-refractivity contribution is 7.23. The Morgan fingerprint density at radius 1 is 1.11 bits per heavy atom. The Hall–Kier alpha value is -4.00. The standard InChI is InChI=1S/C39H39ClF5N7O2S/c40-25-12-23-31(30(45)29(25)22-4-5-26(42)32-28(22)24(15-46)33(47)55-32)48-36(54-20-39-7-3-11-52(39)16-21(41)13-39)49-34(23)50-10-2-1-6-37(17-50)18-51(19-37)35(53)38(8-9-38)14-27(43)44/h4-5,12,21,27H,1-3,6-11,13-14,16-20,47H2/t21-,39+/m1/s1. The average molecular weight is 800 g/mol. The lowest BCUT2D eigenvalue weighted by Gasteiger charge is -2.52. The number of nitrogen functional groups attached to an aromatic ring is 1. The molecule has 4 aliphatic heterocycles. The fraction of sp³-hybridized carbons (Fsp3) is 0.538. The minimum absolute atomic E-state index is 0.00997. The van der Waals surface area contributed by atoms with Crippen LogP contribution in [0.1, 0.15) is 63.4 Å². The highest BCUT2D eigenvalue weighted by Gasteiger charge is 2.57. The smallest absolute Gasteiger partial charge is 0.319 e. The van der Waals surface area contributed by atoms with E-state index in [0.717, 1.165) is 50.0 Å². The van der Waals surface area contributed by atoms with Crippen molar-refractivity contribution in [2.45, 2.75) is 75.9 Å².